The van der Waals surface area contributed by atoms with Crippen LogP contribution in [0.2, 0.25) is 0 Å². The van der Waals surface area contributed by atoms with Crippen LogP contribution in [-0.2, 0) is 0 Å². The molecule has 1 saturated heterocycles. The summed E-state index contributed by atoms with van der Waals surface area (Å²) in [5.41, 5.74) is 0.410. The molecule has 2 saturated carbocycles. The van der Waals surface area contributed by atoms with Crippen LogP contribution in [0.25, 0.3) is 0 Å². The van der Waals surface area contributed by atoms with E-state index in [2.05, 4.69) is 24.1 Å². The highest BCUT2D eigenvalue weighted by Gasteiger charge is 2.44. The average molecular weight is 250 g/mol. The predicted molar refractivity (Wildman–Crippen MR) is 76.7 cm³/mol. The van der Waals surface area contributed by atoms with Gasteiger partial charge in [0.1, 0.15) is 0 Å². The Balaban J connectivity index is 1.64. The van der Waals surface area contributed by atoms with Gasteiger partial charge in [-0.1, -0.05) is 19.8 Å². The molecule has 104 valence electrons. The van der Waals surface area contributed by atoms with Gasteiger partial charge in [0.15, 0.2) is 0 Å². The van der Waals surface area contributed by atoms with E-state index in [1.807, 2.05) is 0 Å². The Labute approximate surface area is 113 Å². The monoisotopic (exact) mass is 250 g/mol. The number of nitrogens with zero attached hydrogens (tertiary/aromatic N) is 1. The fraction of sp³-hybridized carbons (Fsp3) is 1.00. The summed E-state index contributed by atoms with van der Waals surface area (Å²) in [4.78, 5) is 2.83. The molecule has 0 spiro atoms. The maximum absolute atomic E-state index is 3.86. The number of nitrogens with one attached hydrogen (secondary N) is 1. The molecule has 1 aliphatic heterocycles. The fourth-order valence-corrected chi connectivity index (χ4v) is 3.83. The Morgan fingerprint density at radius 1 is 1.28 bits per heavy atom. The van der Waals surface area contributed by atoms with Crippen LogP contribution in [-0.4, -0.2) is 36.1 Å². The minimum Gasteiger partial charge on any atom is -0.310 e. The summed E-state index contributed by atoms with van der Waals surface area (Å²) in [7, 11) is 0. The van der Waals surface area contributed by atoms with Gasteiger partial charge in [0, 0.05) is 18.1 Å². The molecule has 1 heterocycles. The van der Waals surface area contributed by atoms with Crippen molar-refractivity contribution < 1.29 is 0 Å². The Hall–Kier alpha value is -0.0800. The lowest BCUT2D eigenvalue weighted by Gasteiger charge is -2.38. The summed E-state index contributed by atoms with van der Waals surface area (Å²) in [5, 5.41) is 3.86. The average Bonchev–Trinajstić information content (AvgIpc) is 3.18. The Morgan fingerprint density at radius 2 is 2.06 bits per heavy atom. The van der Waals surface area contributed by atoms with Gasteiger partial charge in [-0.15, -0.1) is 0 Å². The molecule has 3 rings (SSSR count). The van der Waals surface area contributed by atoms with Gasteiger partial charge in [-0.3, -0.25) is 4.90 Å². The van der Waals surface area contributed by atoms with Crippen molar-refractivity contribution in [1.82, 2.24) is 10.2 Å². The molecule has 0 amide bonds. The third-order valence-electron chi connectivity index (χ3n) is 5.45. The number of hydrogen-bond donors (Lipinski definition) is 1. The van der Waals surface area contributed by atoms with E-state index >= 15 is 0 Å². The lowest BCUT2D eigenvalue weighted by molar-refractivity contribution is 0.137. The maximum atomic E-state index is 3.86. The third-order valence-corrected chi connectivity index (χ3v) is 5.45. The molecular formula is C16H30N2. The predicted octanol–water partition coefficient (Wildman–Crippen LogP) is 3.03. The van der Waals surface area contributed by atoms with E-state index in [4.69, 9.17) is 0 Å². The van der Waals surface area contributed by atoms with Crippen LogP contribution < -0.4 is 5.32 Å². The summed E-state index contributed by atoms with van der Waals surface area (Å²) in [6, 6.07) is 0.857. The van der Waals surface area contributed by atoms with Crippen molar-refractivity contribution in [2.24, 2.45) is 11.8 Å². The van der Waals surface area contributed by atoms with Crippen molar-refractivity contribution in [1.29, 1.82) is 0 Å². The second-order valence-electron chi connectivity index (χ2n) is 7.18. The lowest BCUT2D eigenvalue weighted by Crippen LogP contribution is -2.52. The standard InChI is InChI=1S/C16H30N2/c1-3-15(11-13-5-6-13)18-10-4-9-17-16(2,12-18)14-7-8-14/h13-15,17H,3-12H2,1-2H3. The minimum atomic E-state index is 0.410. The van der Waals surface area contributed by atoms with E-state index in [-0.39, 0.29) is 0 Å². The second kappa shape index (κ2) is 5.13. The molecule has 0 aromatic heterocycles. The van der Waals surface area contributed by atoms with Crippen molar-refractivity contribution in [3.63, 3.8) is 0 Å². The molecule has 2 heteroatoms. The van der Waals surface area contributed by atoms with E-state index in [0.717, 1.165) is 17.9 Å². The molecule has 0 aromatic rings. The van der Waals surface area contributed by atoms with Crippen LogP contribution in [0, 0.1) is 11.8 Å². The number of rotatable bonds is 5. The molecule has 3 fully saturated rings. The molecule has 0 aromatic carbocycles. The van der Waals surface area contributed by atoms with E-state index in [1.165, 1.54) is 64.6 Å². The maximum Gasteiger partial charge on any atom is 0.0308 e. The van der Waals surface area contributed by atoms with Crippen molar-refractivity contribution >= 4 is 0 Å². The van der Waals surface area contributed by atoms with Crippen molar-refractivity contribution in [3.8, 4) is 0 Å². The summed E-state index contributed by atoms with van der Waals surface area (Å²) in [5.74, 6) is 2.02. The molecule has 2 atom stereocenters. The van der Waals surface area contributed by atoms with E-state index < -0.39 is 0 Å². The summed E-state index contributed by atoms with van der Waals surface area (Å²) in [6.07, 6.45) is 10.1. The first-order valence-electron chi connectivity index (χ1n) is 8.20. The zero-order valence-corrected chi connectivity index (χ0v) is 12.3. The van der Waals surface area contributed by atoms with E-state index in [0.29, 0.717) is 5.54 Å². The minimum absolute atomic E-state index is 0.410. The van der Waals surface area contributed by atoms with Crippen molar-refractivity contribution in [3.05, 3.63) is 0 Å². The van der Waals surface area contributed by atoms with Crippen molar-refractivity contribution in [2.45, 2.75) is 70.4 Å². The van der Waals surface area contributed by atoms with Gasteiger partial charge in [-0.05, 0) is 64.0 Å². The first-order valence-corrected chi connectivity index (χ1v) is 8.20. The molecule has 18 heavy (non-hydrogen) atoms. The Bertz CT molecular complexity index is 283. The quantitative estimate of drug-likeness (QED) is 0.807. The smallest absolute Gasteiger partial charge is 0.0308 e. The lowest BCUT2D eigenvalue weighted by atomic mass is 9.94. The zero-order chi connectivity index (χ0) is 12.6. The molecule has 3 aliphatic rings. The second-order valence-corrected chi connectivity index (χ2v) is 7.18. The SMILES string of the molecule is CCC(CC1CC1)N1CCCNC(C)(C2CC2)C1. The zero-order valence-electron chi connectivity index (χ0n) is 12.3. The summed E-state index contributed by atoms with van der Waals surface area (Å²) in [6.45, 7) is 8.71. The molecule has 1 N–H and O–H groups in total. The number of hydrogen-bond acceptors (Lipinski definition) is 2. The van der Waals surface area contributed by atoms with Gasteiger partial charge in [0.2, 0.25) is 0 Å². The summed E-state index contributed by atoms with van der Waals surface area (Å²) < 4.78 is 0. The van der Waals surface area contributed by atoms with Crippen LogP contribution in [0.1, 0.15) is 58.8 Å². The van der Waals surface area contributed by atoms with Crippen LogP contribution >= 0.6 is 0 Å². The van der Waals surface area contributed by atoms with Gasteiger partial charge in [-0.25, -0.2) is 0 Å². The van der Waals surface area contributed by atoms with Gasteiger partial charge < -0.3 is 5.32 Å². The van der Waals surface area contributed by atoms with Crippen molar-refractivity contribution in [2.75, 3.05) is 19.6 Å². The molecule has 0 bridgehead atoms. The highest BCUT2D eigenvalue weighted by molar-refractivity contribution is 5.02. The molecular weight excluding hydrogens is 220 g/mol. The van der Waals surface area contributed by atoms with Crippen LogP contribution in [0.5, 0.6) is 0 Å². The first kappa shape index (κ1) is 12.9. The molecule has 2 unspecified atom stereocenters. The van der Waals surface area contributed by atoms with Crippen LogP contribution in [0.15, 0.2) is 0 Å². The van der Waals surface area contributed by atoms with E-state index in [9.17, 15) is 0 Å². The first-order chi connectivity index (χ1) is 8.71. The summed E-state index contributed by atoms with van der Waals surface area (Å²) >= 11 is 0. The normalized spacial score (nSPS) is 36.3. The van der Waals surface area contributed by atoms with Gasteiger partial charge >= 0.3 is 0 Å². The molecule has 2 nitrogen and oxygen atoms in total. The van der Waals surface area contributed by atoms with Gasteiger partial charge in [0.05, 0.1) is 0 Å². The topological polar surface area (TPSA) is 15.3 Å². The largest absolute Gasteiger partial charge is 0.310 e. The van der Waals surface area contributed by atoms with Crippen LogP contribution in [0.4, 0.5) is 0 Å². The van der Waals surface area contributed by atoms with Gasteiger partial charge in [-0.2, -0.15) is 0 Å². The van der Waals surface area contributed by atoms with Crippen LogP contribution in [0.3, 0.4) is 0 Å². The van der Waals surface area contributed by atoms with E-state index in [1.54, 1.807) is 0 Å². The Morgan fingerprint density at radius 3 is 2.67 bits per heavy atom. The highest BCUT2D eigenvalue weighted by Crippen LogP contribution is 2.42. The highest BCUT2D eigenvalue weighted by atomic mass is 15.2. The third kappa shape index (κ3) is 2.91. The Kier molecular flexibility index (Phi) is 3.68. The molecule has 0 radical (unpaired) electrons. The fourth-order valence-electron chi connectivity index (χ4n) is 3.83. The molecule has 2 aliphatic carbocycles. The van der Waals surface area contributed by atoms with Gasteiger partial charge in [0.25, 0.3) is 0 Å².